The Labute approximate surface area is 195 Å². The molecule has 2 aliphatic rings. The molecule has 2 amide bonds. The maximum atomic E-state index is 13.1. The maximum Gasteiger partial charge on any atom is 0.264 e. The van der Waals surface area contributed by atoms with Crippen molar-refractivity contribution in [1.29, 1.82) is 0 Å². The third-order valence-corrected chi connectivity index (χ3v) is 6.95. The maximum absolute atomic E-state index is 13.1. The number of benzene rings is 2. The van der Waals surface area contributed by atoms with Crippen molar-refractivity contribution in [2.45, 2.75) is 6.42 Å². The van der Waals surface area contributed by atoms with Crippen molar-refractivity contribution >= 4 is 23.2 Å². The van der Waals surface area contributed by atoms with Gasteiger partial charge in [-0.05, 0) is 53.6 Å². The van der Waals surface area contributed by atoms with Crippen LogP contribution in [0.2, 0.25) is 0 Å². The Kier molecular flexibility index (Phi) is 6.00. The Bertz CT molecular complexity index is 1170. The van der Waals surface area contributed by atoms with Gasteiger partial charge in [0.25, 0.3) is 5.91 Å². The van der Waals surface area contributed by atoms with Gasteiger partial charge in [-0.15, -0.1) is 11.3 Å². The first kappa shape index (κ1) is 21.5. The minimum atomic E-state index is -0.316. The van der Waals surface area contributed by atoms with Crippen molar-refractivity contribution in [2.24, 2.45) is 0 Å². The highest BCUT2D eigenvalue weighted by Crippen LogP contribution is 2.37. The first-order chi connectivity index (χ1) is 16.1. The van der Waals surface area contributed by atoms with Gasteiger partial charge in [-0.2, -0.15) is 0 Å². The molecule has 0 bridgehead atoms. The number of thiophene rings is 1. The van der Waals surface area contributed by atoms with Crippen molar-refractivity contribution in [3.8, 4) is 21.9 Å². The Hall–Kier alpha value is -3.39. The quantitative estimate of drug-likeness (QED) is 0.586. The van der Waals surface area contributed by atoms with Crippen LogP contribution in [-0.2, 0) is 11.2 Å². The normalized spacial score (nSPS) is 15.4. The molecule has 0 N–H and O–H groups in total. The van der Waals surface area contributed by atoms with Gasteiger partial charge in [0.1, 0.15) is 19.0 Å². The second-order valence-electron chi connectivity index (χ2n) is 8.00. The fourth-order valence-corrected chi connectivity index (χ4v) is 4.98. The molecule has 0 saturated carbocycles. The summed E-state index contributed by atoms with van der Waals surface area (Å²) in [5, 5.41) is 0. The second-order valence-corrected chi connectivity index (χ2v) is 9.08. The van der Waals surface area contributed by atoms with Crippen LogP contribution in [0.5, 0.6) is 11.5 Å². The highest BCUT2D eigenvalue weighted by molar-refractivity contribution is 7.17. The van der Waals surface area contributed by atoms with Crippen molar-refractivity contribution < 1.29 is 23.5 Å². The Balaban J connectivity index is 1.19. The van der Waals surface area contributed by atoms with E-state index in [4.69, 9.17) is 9.47 Å². The van der Waals surface area contributed by atoms with Crippen LogP contribution in [0.3, 0.4) is 0 Å². The van der Waals surface area contributed by atoms with Crippen LogP contribution in [-0.4, -0.2) is 61.0 Å². The zero-order valence-electron chi connectivity index (χ0n) is 18.0. The molecule has 1 saturated heterocycles. The summed E-state index contributed by atoms with van der Waals surface area (Å²) < 4.78 is 24.3. The molecule has 5 rings (SSSR count). The smallest absolute Gasteiger partial charge is 0.264 e. The molecule has 0 unspecified atom stereocenters. The fraction of sp³-hybridized carbons (Fsp3) is 0.280. The molecule has 0 spiro atoms. The Morgan fingerprint density at radius 3 is 2.30 bits per heavy atom. The number of hydrogen-bond acceptors (Lipinski definition) is 5. The van der Waals surface area contributed by atoms with Gasteiger partial charge in [0.05, 0.1) is 11.3 Å². The average Bonchev–Trinajstić information content (AvgIpc) is 3.35. The van der Waals surface area contributed by atoms with Gasteiger partial charge < -0.3 is 19.3 Å². The first-order valence-electron chi connectivity index (χ1n) is 10.9. The number of ether oxygens (including phenoxy) is 2. The Morgan fingerprint density at radius 1 is 0.848 bits per heavy atom. The number of halogens is 1. The summed E-state index contributed by atoms with van der Waals surface area (Å²) in [6, 6.07) is 15.6. The first-order valence-corrected chi connectivity index (χ1v) is 11.7. The molecule has 33 heavy (non-hydrogen) atoms. The molecule has 6 nitrogen and oxygen atoms in total. The third kappa shape index (κ3) is 4.71. The van der Waals surface area contributed by atoms with Gasteiger partial charge in [0.15, 0.2) is 11.5 Å². The van der Waals surface area contributed by atoms with Crippen LogP contribution in [0.4, 0.5) is 4.39 Å². The number of nitrogens with zero attached hydrogens (tertiary/aromatic N) is 2. The number of piperazine rings is 1. The Morgan fingerprint density at radius 2 is 1.55 bits per heavy atom. The standard InChI is InChI=1S/C25H23FN2O4S/c26-19-4-1-17(2-5-19)15-24(29)27-9-11-28(12-10-27)25(30)23-8-7-22(33-23)18-3-6-20-21(16-18)32-14-13-31-20/h1-8,16H,9-15H2. The lowest BCUT2D eigenvalue weighted by Crippen LogP contribution is -2.50. The number of amides is 2. The van der Waals surface area contributed by atoms with Crippen molar-refractivity contribution in [3.63, 3.8) is 0 Å². The second kappa shape index (κ2) is 9.23. The van der Waals surface area contributed by atoms with E-state index in [0.29, 0.717) is 44.3 Å². The summed E-state index contributed by atoms with van der Waals surface area (Å²) in [5.74, 6) is 1.12. The number of rotatable bonds is 4. The molecular formula is C25H23FN2O4S. The van der Waals surface area contributed by atoms with E-state index in [9.17, 15) is 14.0 Å². The van der Waals surface area contributed by atoms with Crippen LogP contribution in [0.25, 0.3) is 10.4 Å². The highest BCUT2D eigenvalue weighted by atomic mass is 32.1. The van der Waals surface area contributed by atoms with E-state index in [1.54, 1.807) is 21.9 Å². The number of fused-ring (bicyclic) bond motifs is 1. The van der Waals surface area contributed by atoms with Gasteiger partial charge >= 0.3 is 0 Å². The third-order valence-electron chi connectivity index (χ3n) is 5.83. The van der Waals surface area contributed by atoms with Crippen LogP contribution in [0, 0.1) is 5.82 Å². The minimum absolute atomic E-state index is 0.00859. The van der Waals surface area contributed by atoms with Crippen molar-refractivity contribution in [1.82, 2.24) is 9.80 Å². The van der Waals surface area contributed by atoms with E-state index in [1.807, 2.05) is 30.3 Å². The molecule has 2 aromatic carbocycles. The summed E-state index contributed by atoms with van der Waals surface area (Å²) in [5.41, 5.74) is 1.77. The van der Waals surface area contributed by atoms with E-state index in [-0.39, 0.29) is 24.1 Å². The topological polar surface area (TPSA) is 59.1 Å². The number of carbonyl (C=O) groups excluding carboxylic acids is 2. The molecule has 1 aromatic heterocycles. The molecule has 3 aromatic rings. The van der Waals surface area contributed by atoms with E-state index >= 15 is 0 Å². The summed E-state index contributed by atoms with van der Waals surface area (Å²) >= 11 is 1.45. The molecule has 0 aliphatic carbocycles. The van der Waals surface area contributed by atoms with Gasteiger partial charge in [-0.25, -0.2) is 4.39 Å². The zero-order valence-corrected chi connectivity index (χ0v) is 18.8. The molecular weight excluding hydrogens is 443 g/mol. The zero-order chi connectivity index (χ0) is 22.8. The summed E-state index contributed by atoms with van der Waals surface area (Å²) in [4.78, 5) is 30.8. The minimum Gasteiger partial charge on any atom is -0.486 e. The van der Waals surface area contributed by atoms with Crippen LogP contribution < -0.4 is 9.47 Å². The van der Waals surface area contributed by atoms with Crippen molar-refractivity contribution in [2.75, 3.05) is 39.4 Å². The highest BCUT2D eigenvalue weighted by Gasteiger charge is 2.26. The number of hydrogen-bond donors (Lipinski definition) is 0. The van der Waals surface area contributed by atoms with Crippen LogP contribution in [0.15, 0.2) is 54.6 Å². The van der Waals surface area contributed by atoms with Gasteiger partial charge in [-0.3, -0.25) is 9.59 Å². The molecule has 0 radical (unpaired) electrons. The number of carbonyl (C=O) groups is 2. The largest absolute Gasteiger partial charge is 0.486 e. The summed E-state index contributed by atoms with van der Waals surface area (Å²) in [6.07, 6.45) is 0.234. The molecule has 0 atom stereocenters. The lowest BCUT2D eigenvalue weighted by molar-refractivity contribution is -0.131. The van der Waals surface area contributed by atoms with E-state index in [1.165, 1.54) is 23.5 Å². The molecule has 170 valence electrons. The fourth-order valence-electron chi connectivity index (χ4n) is 4.01. The molecule has 3 heterocycles. The monoisotopic (exact) mass is 466 g/mol. The van der Waals surface area contributed by atoms with E-state index < -0.39 is 0 Å². The lowest BCUT2D eigenvalue weighted by Gasteiger charge is -2.34. The lowest BCUT2D eigenvalue weighted by atomic mass is 10.1. The molecule has 1 fully saturated rings. The van der Waals surface area contributed by atoms with E-state index in [0.717, 1.165) is 27.5 Å². The van der Waals surface area contributed by atoms with Gasteiger partial charge in [-0.1, -0.05) is 12.1 Å². The van der Waals surface area contributed by atoms with Crippen molar-refractivity contribution in [3.05, 3.63) is 70.9 Å². The predicted molar refractivity (Wildman–Crippen MR) is 123 cm³/mol. The van der Waals surface area contributed by atoms with Crippen LogP contribution in [0.1, 0.15) is 15.2 Å². The van der Waals surface area contributed by atoms with Crippen LogP contribution >= 0.6 is 11.3 Å². The molecule has 8 heteroatoms. The summed E-state index contributed by atoms with van der Waals surface area (Å²) in [7, 11) is 0. The van der Waals surface area contributed by atoms with Gasteiger partial charge in [0, 0.05) is 31.1 Å². The predicted octanol–water partition coefficient (Wildman–Crippen LogP) is 3.85. The molecule has 2 aliphatic heterocycles. The average molecular weight is 467 g/mol. The van der Waals surface area contributed by atoms with E-state index in [2.05, 4.69) is 0 Å². The van der Waals surface area contributed by atoms with Gasteiger partial charge in [0.2, 0.25) is 5.91 Å². The SMILES string of the molecule is O=C(Cc1ccc(F)cc1)N1CCN(C(=O)c2ccc(-c3ccc4c(c3)OCCO4)s2)CC1. The summed E-state index contributed by atoms with van der Waals surface area (Å²) in [6.45, 7) is 3.05.